The second-order valence-electron chi connectivity index (χ2n) is 12.2. The minimum Gasteiger partial charge on any atom is -0.375 e. The topological polar surface area (TPSA) is 40.2 Å². The highest BCUT2D eigenvalue weighted by atomic mass is 35.5. The van der Waals surface area contributed by atoms with Gasteiger partial charge in [0, 0.05) is 12.4 Å². The summed E-state index contributed by atoms with van der Waals surface area (Å²) in [5, 5.41) is 0. The van der Waals surface area contributed by atoms with Gasteiger partial charge < -0.3 is 18.9 Å². The van der Waals surface area contributed by atoms with Crippen LogP contribution in [-0.4, -0.2) is 47.8 Å². The van der Waals surface area contributed by atoms with Gasteiger partial charge in [-0.15, -0.1) is 11.6 Å². The summed E-state index contributed by atoms with van der Waals surface area (Å²) in [6, 6.07) is 51.3. The molecule has 1 saturated heterocycles. The number of hydrogen-bond donors (Lipinski definition) is 0. The van der Waals surface area contributed by atoms with E-state index in [1.807, 2.05) is 78.9 Å². The van der Waals surface area contributed by atoms with Crippen molar-refractivity contribution in [1.82, 2.24) is 4.90 Å². The summed E-state index contributed by atoms with van der Waals surface area (Å²) in [5.74, 6) is 0.359. The predicted molar refractivity (Wildman–Crippen MR) is 191 cm³/mol. The standard InChI is InChI=1S/C42H44ClNO4/c43-26-38-40(46-29-35-20-10-3-11-21-35)42(48-31-37-24-14-5-15-25-37)41(47-30-36-22-12-4-13-23-36)39(32-45-28-34-18-8-2-9-19-34)44(38)27-33-16-6-1-7-17-33/h1-25,38-42H,26-32H2/t38-,39-,40+,41+,42+/m0/s1. The third kappa shape index (κ3) is 9.42. The number of benzene rings is 5. The van der Waals surface area contributed by atoms with Gasteiger partial charge in [-0.05, 0) is 27.8 Å². The number of alkyl halides is 1. The molecule has 1 heterocycles. The molecule has 0 saturated carbocycles. The number of likely N-dealkylation sites (tertiary alicyclic amines) is 1. The highest BCUT2D eigenvalue weighted by molar-refractivity contribution is 6.18. The van der Waals surface area contributed by atoms with E-state index in [1.54, 1.807) is 0 Å². The molecule has 1 aliphatic heterocycles. The van der Waals surface area contributed by atoms with Gasteiger partial charge in [-0.2, -0.15) is 0 Å². The highest BCUT2D eigenvalue weighted by Gasteiger charge is 2.51. The lowest BCUT2D eigenvalue weighted by molar-refractivity contribution is -0.228. The molecule has 6 rings (SSSR count). The summed E-state index contributed by atoms with van der Waals surface area (Å²) in [6.07, 6.45) is -1.17. The Morgan fingerprint density at radius 1 is 0.417 bits per heavy atom. The quantitative estimate of drug-likeness (QED) is 0.0993. The fourth-order valence-corrected chi connectivity index (χ4v) is 6.77. The molecule has 0 aliphatic carbocycles. The average Bonchev–Trinajstić information content (AvgIpc) is 3.15. The van der Waals surface area contributed by atoms with E-state index in [0.717, 1.165) is 22.3 Å². The molecule has 48 heavy (non-hydrogen) atoms. The van der Waals surface area contributed by atoms with Gasteiger partial charge >= 0.3 is 0 Å². The van der Waals surface area contributed by atoms with Crippen LogP contribution in [0.1, 0.15) is 27.8 Å². The average molecular weight is 662 g/mol. The molecule has 0 bridgehead atoms. The number of nitrogens with zero attached hydrogens (tertiary/aromatic N) is 1. The van der Waals surface area contributed by atoms with Crippen LogP contribution in [0.15, 0.2) is 152 Å². The van der Waals surface area contributed by atoms with E-state index >= 15 is 0 Å². The third-order valence-corrected chi connectivity index (χ3v) is 9.20. The monoisotopic (exact) mass is 661 g/mol. The Morgan fingerprint density at radius 3 is 1.19 bits per heavy atom. The molecule has 1 aliphatic rings. The summed E-state index contributed by atoms with van der Waals surface area (Å²) in [6.45, 7) is 2.89. The van der Waals surface area contributed by atoms with E-state index in [4.69, 9.17) is 30.5 Å². The number of piperidine rings is 1. The molecule has 5 atom stereocenters. The van der Waals surface area contributed by atoms with E-state index < -0.39 is 6.10 Å². The van der Waals surface area contributed by atoms with Crippen LogP contribution in [0.2, 0.25) is 0 Å². The van der Waals surface area contributed by atoms with Crippen LogP contribution < -0.4 is 0 Å². The van der Waals surface area contributed by atoms with Crippen molar-refractivity contribution in [3.05, 3.63) is 179 Å². The van der Waals surface area contributed by atoms with Crippen LogP contribution in [0.4, 0.5) is 0 Å². The molecule has 0 unspecified atom stereocenters. The molecular weight excluding hydrogens is 618 g/mol. The van der Waals surface area contributed by atoms with Gasteiger partial charge in [0.25, 0.3) is 0 Å². The van der Waals surface area contributed by atoms with Gasteiger partial charge in [0.15, 0.2) is 0 Å². The lowest BCUT2D eigenvalue weighted by atomic mass is 9.87. The minimum atomic E-state index is -0.418. The fourth-order valence-electron chi connectivity index (χ4n) is 6.42. The van der Waals surface area contributed by atoms with Crippen LogP contribution in [0, 0.1) is 0 Å². The van der Waals surface area contributed by atoms with E-state index in [2.05, 4.69) is 77.7 Å². The van der Waals surface area contributed by atoms with E-state index in [9.17, 15) is 0 Å². The maximum atomic E-state index is 6.96. The van der Waals surface area contributed by atoms with E-state index in [1.165, 1.54) is 5.56 Å². The molecule has 248 valence electrons. The van der Waals surface area contributed by atoms with Gasteiger partial charge in [-0.1, -0.05) is 152 Å². The van der Waals surface area contributed by atoms with Crippen molar-refractivity contribution in [2.45, 2.75) is 63.4 Å². The first-order valence-corrected chi connectivity index (χ1v) is 17.3. The Balaban J connectivity index is 1.37. The Labute approximate surface area is 290 Å². The SMILES string of the molecule is ClC[C@H]1[C@@H](OCc2ccccc2)[C@@H](OCc2ccccc2)[C@H](OCc2ccccc2)[C@H](COCc2ccccc2)N1Cc1ccccc1. The van der Waals surface area contributed by atoms with Crippen LogP contribution >= 0.6 is 11.6 Å². The van der Waals surface area contributed by atoms with Gasteiger partial charge in [-0.25, -0.2) is 0 Å². The van der Waals surface area contributed by atoms with Crippen molar-refractivity contribution in [2.24, 2.45) is 0 Å². The Morgan fingerprint density at radius 2 is 0.771 bits per heavy atom. The molecule has 5 aromatic carbocycles. The molecule has 6 heteroatoms. The first-order valence-electron chi connectivity index (χ1n) is 16.7. The first-order chi connectivity index (χ1) is 23.8. The number of ether oxygens (including phenoxy) is 4. The van der Waals surface area contributed by atoms with Crippen LogP contribution in [0.5, 0.6) is 0 Å². The minimum absolute atomic E-state index is 0.168. The molecule has 5 nitrogen and oxygen atoms in total. The molecule has 0 radical (unpaired) electrons. The second kappa shape index (κ2) is 18.1. The Hall–Kier alpha value is -3.81. The fraction of sp³-hybridized carbons (Fsp3) is 0.286. The van der Waals surface area contributed by atoms with Gasteiger partial charge in [0.1, 0.15) is 18.3 Å². The zero-order valence-corrected chi connectivity index (χ0v) is 28.0. The zero-order chi connectivity index (χ0) is 32.8. The summed E-state index contributed by atoms with van der Waals surface area (Å²) >= 11 is 6.96. The molecule has 5 aromatic rings. The number of rotatable bonds is 16. The normalized spacial score (nSPS) is 21.2. The summed E-state index contributed by atoms with van der Waals surface area (Å²) in [4.78, 5) is 2.43. The lowest BCUT2D eigenvalue weighted by Gasteiger charge is -2.52. The van der Waals surface area contributed by atoms with Crippen LogP contribution in [0.25, 0.3) is 0 Å². The molecular formula is C42H44ClNO4. The smallest absolute Gasteiger partial charge is 0.113 e. The van der Waals surface area contributed by atoms with Crippen molar-refractivity contribution < 1.29 is 18.9 Å². The molecule has 0 spiro atoms. The van der Waals surface area contributed by atoms with Crippen molar-refractivity contribution >= 4 is 11.6 Å². The van der Waals surface area contributed by atoms with Crippen molar-refractivity contribution in [2.75, 3.05) is 12.5 Å². The first kappa shape index (κ1) is 34.1. The maximum Gasteiger partial charge on any atom is 0.113 e. The summed E-state index contributed by atoms with van der Waals surface area (Å²) in [5.41, 5.74) is 5.59. The van der Waals surface area contributed by atoms with Gasteiger partial charge in [0.2, 0.25) is 0 Å². The lowest BCUT2D eigenvalue weighted by Crippen LogP contribution is -2.69. The second-order valence-corrected chi connectivity index (χ2v) is 12.5. The summed E-state index contributed by atoms with van der Waals surface area (Å²) < 4.78 is 27.3. The Bertz CT molecular complexity index is 1590. The summed E-state index contributed by atoms with van der Waals surface area (Å²) in [7, 11) is 0. The van der Waals surface area contributed by atoms with Crippen LogP contribution in [0.3, 0.4) is 0 Å². The maximum absolute atomic E-state index is 6.96. The van der Waals surface area contributed by atoms with Crippen molar-refractivity contribution in [1.29, 1.82) is 0 Å². The van der Waals surface area contributed by atoms with E-state index in [-0.39, 0.29) is 24.3 Å². The predicted octanol–water partition coefficient (Wildman–Crippen LogP) is 8.45. The zero-order valence-electron chi connectivity index (χ0n) is 27.2. The molecule has 0 aromatic heterocycles. The number of hydrogen-bond acceptors (Lipinski definition) is 5. The molecule has 0 N–H and O–H groups in total. The largest absolute Gasteiger partial charge is 0.375 e. The number of halogens is 1. The van der Waals surface area contributed by atoms with Gasteiger partial charge in [-0.3, -0.25) is 4.90 Å². The third-order valence-electron chi connectivity index (χ3n) is 8.88. The molecule has 1 fully saturated rings. The van der Waals surface area contributed by atoms with Gasteiger partial charge in [0.05, 0.1) is 45.1 Å². The Kier molecular flexibility index (Phi) is 12.8. The van der Waals surface area contributed by atoms with Crippen molar-refractivity contribution in [3.63, 3.8) is 0 Å². The highest BCUT2D eigenvalue weighted by Crippen LogP contribution is 2.35. The van der Waals surface area contributed by atoms with Crippen LogP contribution in [-0.2, 0) is 51.9 Å². The molecule has 0 amide bonds. The van der Waals surface area contributed by atoms with E-state index in [0.29, 0.717) is 45.5 Å². The van der Waals surface area contributed by atoms with Crippen molar-refractivity contribution in [3.8, 4) is 0 Å².